The summed E-state index contributed by atoms with van der Waals surface area (Å²) in [4.78, 5) is 19.5. The second-order valence-corrected chi connectivity index (χ2v) is 2.45. The van der Waals surface area contributed by atoms with Crippen molar-refractivity contribution >= 4 is 11.8 Å². The Balaban J connectivity index is 0.000000325. The van der Waals surface area contributed by atoms with E-state index in [9.17, 15) is 18.0 Å². The number of aromatic amines is 1. The molecule has 4 N–H and O–H groups in total. The largest absolute Gasteiger partial charge is 0.490 e. The minimum atomic E-state index is -5.08. The van der Waals surface area contributed by atoms with Gasteiger partial charge in [-0.25, -0.2) is 9.89 Å². The van der Waals surface area contributed by atoms with Crippen molar-refractivity contribution in [3.63, 3.8) is 0 Å². The topological polar surface area (TPSA) is 133 Å². The molecule has 0 aromatic carbocycles. The zero-order chi connectivity index (χ0) is 13.6. The molecule has 0 unspecified atom stereocenters. The monoisotopic (exact) mass is 250 g/mol. The Labute approximate surface area is 91.3 Å². The van der Waals surface area contributed by atoms with Crippen molar-refractivity contribution in [2.75, 3.05) is 5.73 Å². The summed E-state index contributed by atoms with van der Waals surface area (Å²) in [7, 11) is 0. The summed E-state index contributed by atoms with van der Waals surface area (Å²) in [6, 6.07) is 2.89. The Morgan fingerprint density at radius 1 is 1.59 bits per heavy atom. The first-order valence-electron chi connectivity index (χ1n) is 3.74. The van der Waals surface area contributed by atoms with Gasteiger partial charge in [-0.05, 0) is 0 Å². The molecular weight excluding hydrogens is 245 g/mol. The molecule has 7 nitrogen and oxygen atoms in total. The van der Waals surface area contributed by atoms with Crippen LogP contribution in [-0.4, -0.2) is 27.4 Å². The Bertz CT molecular complexity index is 502. The van der Waals surface area contributed by atoms with Gasteiger partial charge in [0.1, 0.15) is 17.5 Å². The maximum absolute atomic E-state index is 10.6. The number of nitriles is 1. The number of hydrogen-bond acceptors (Lipinski definition) is 5. The van der Waals surface area contributed by atoms with Gasteiger partial charge in [0.05, 0.1) is 0 Å². The number of nitrogens with two attached hydrogens (primary N) is 1. The molecule has 0 atom stereocenters. The van der Waals surface area contributed by atoms with E-state index >= 15 is 0 Å². The van der Waals surface area contributed by atoms with E-state index in [1.165, 1.54) is 6.07 Å². The second kappa shape index (κ2) is 5.50. The van der Waals surface area contributed by atoms with Crippen molar-refractivity contribution in [3.05, 3.63) is 22.0 Å². The molecule has 1 rings (SSSR count). The van der Waals surface area contributed by atoms with Crippen LogP contribution in [0.1, 0.15) is 5.56 Å². The highest BCUT2D eigenvalue weighted by atomic mass is 19.4. The Kier molecular flexibility index (Phi) is 4.67. The molecule has 1 aromatic rings. The summed E-state index contributed by atoms with van der Waals surface area (Å²) in [5.41, 5.74) is 4.63. The van der Waals surface area contributed by atoms with E-state index in [4.69, 9.17) is 20.9 Å². The predicted octanol–water partition coefficient (Wildman–Crippen LogP) is -0.143. The molecule has 17 heavy (non-hydrogen) atoms. The number of nitrogens with zero attached hydrogens (tertiary/aromatic N) is 2. The molecule has 1 aromatic heterocycles. The number of nitrogens with one attached hydrogen (secondary N) is 1. The average molecular weight is 250 g/mol. The van der Waals surface area contributed by atoms with Gasteiger partial charge in [-0.1, -0.05) is 0 Å². The Morgan fingerprint density at radius 3 is 2.35 bits per heavy atom. The number of nitrogen functional groups attached to an aromatic ring is 1. The SMILES string of the molecule is N#Cc1cc(N)n[nH]c1=O.O=C(O)C(F)(F)F. The molecule has 0 aliphatic rings. The number of carbonyl (C=O) groups is 1. The summed E-state index contributed by atoms with van der Waals surface area (Å²) in [5, 5.41) is 20.9. The summed E-state index contributed by atoms with van der Waals surface area (Å²) >= 11 is 0. The molecule has 0 radical (unpaired) electrons. The number of rotatable bonds is 0. The molecule has 10 heteroatoms. The van der Waals surface area contributed by atoms with Crippen molar-refractivity contribution < 1.29 is 23.1 Å². The number of aliphatic carboxylic acids is 1. The van der Waals surface area contributed by atoms with Crippen molar-refractivity contribution in [3.8, 4) is 6.07 Å². The van der Waals surface area contributed by atoms with Gasteiger partial charge in [0.15, 0.2) is 0 Å². The van der Waals surface area contributed by atoms with Crippen molar-refractivity contribution in [1.82, 2.24) is 10.2 Å². The van der Waals surface area contributed by atoms with Gasteiger partial charge in [0, 0.05) is 6.07 Å². The van der Waals surface area contributed by atoms with E-state index in [0.29, 0.717) is 0 Å². The smallest absolute Gasteiger partial charge is 0.475 e. The number of carboxylic acid groups (broad SMARTS) is 1. The van der Waals surface area contributed by atoms with E-state index < -0.39 is 17.7 Å². The quantitative estimate of drug-likeness (QED) is 0.586. The zero-order valence-electron chi connectivity index (χ0n) is 7.95. The fourth-order valence-corrected chi connectivity index (χ4v) is 0.504. The lowest BCUT2D eigenvalue weighted by atomic mass is 10.3. The number of anilines is 1. The van der Waals surface area contributed by atoms with Gasteiger partial charge in [-0.2, -0.15) is 23.5 Å². The number of H-pyrrole nitrogens is 1. The van der Waals surface area contributed by atoms with Crippen molar-refractivity contribution in [1.29, 1.82) is 5.26 Å². The molecule has 0 saturated heterocycles. The van der Waals surface area contributed by atoms with Crippen LogP contribution in [0.4, 0.5) is 19.0 Å². The van der Waals surface area contributed by atoms with Crippen LogP contribution >= 0.6 is 0 Å². The third-order valence-corrected chi connectivity index (χ3v) is 1.19. The standard InChI is InChI=1S/C5H4N4O.C2HF3O2/c6-2-3-1-4(7)8-9-5(3)10;3-2(4,5)1(6)7/h1H,(H2,7,8)(H,9,10);(H,6,7). The van der Waals surface area contributed by atoms with Crippen LogP contribution in [0.15, 0.2) is 10.9 Å². The number of aromatic nitrogens is 2. The minimum Gasteiger partial charge on any atom is -0.475 e. The van der Waals surface area contributed by atoms with Gasteiger partial charge < -0.3 is 10.8 Å². The highest BCUT2D eigenvalue weighted by molar-refractivity contribution is 5.73. The lowest BCUT2D eigenvalue weighted by Crippen LogP contribution is -2.21. The van der Waals surface area contributed by atoms with Crippen LogP contribution in [0.3, 0.4) is 0 Å². The molecule has 92 valence electrons. The molecule has 0 bridgehead atoms. The van der Waals surface area contributed by atoms with Crippen LogP contribution in [0.2, 0.25) is 0 Å². The van der Waals surface area contributed by atoms with Gasteiger partial charge in [-0.3, -0.25) is 4.79 Å². The summed E-state index contributed by atoms with van der Waals surface area (Å²) in [6.07, 6.45) is -5.08. The number of alkyl halides is 3. The highest BCUT2D eigenvalue weighted by Crippen LogP contribution is 2.13. The van der Waals surface area contributed by atoms with Crippen molar-refractivity contribution in [2.45, 2.75) is 6.18 Å². The first-order chi connectivity index (χ1) is 7.68. The van der Waals surface area contributed by atoms with Gasteiger partial charge in [0.2, 0.25) is 0 Å². The first kappa shape index (κ1) is 14.4. The van der Waals surface area contributed by atoms with E-state index in [0.717, 1.165) is 0 Å². The lowest BCUT2D eigenvalue weighted by molar-refractivity contribution is -0.192. The predicted molar refractivity (Wildman–Crippen MR) is 47.7 cm³/mol. The van der Waals surface area contributed by atoms with Crippen LogP contribution in [-0.2, 0) is 4.79 Å². The molecular formula is C7H5F3N4O3. The normalized spacial score (nSPS) is 9.76. The van der Waals surface area contributed by atoms with Crippen LogP contribution in [0.25, 0.3) is 0 Å². The summed E-state index contributed by atoms with van der Waals surface area (Å²) in [5.74, 6) is -2.62. The van der Waals surface area contributed by atoms with Gasteiger partial charge in [0.25, 0.3) is 5.56 Å². The first-order valence-corrected chi connectivity index (χ1v) is 3.74. The van der Waals surface area contributed by atoms with E-state index in [2.05, 4.69) is 10.2 Å². The van der Waals surface area contributed by atoms with Gasteiger partial charge >= 0.3 is 12.1 Å². The van der Waals surface area contributed by atoms with Crippen LogP contribution in [0, 0.1) is 11.3 Å². The Morgan fingerprint density at radius 2 is 2.06 bits per heavy atom. The Hall–Kier alpha value is -2.57. The molecule has 0 amide bonds. The zero-order valence-corrected chi connectivity index (χ0v) is 7.95. The minimum absolute atomic E-state index is 0.0208. The third kappa shape index (κ3) is 5.17. The fraction of sp³-hybridized carbons (Fsp3) is 0.143. The molecule has 0 aliphatic carbocycles. The number of hydrogen-bond donors (Lipinski definition) is 3. The molecule has 0 fully saturated rings. The van der Waals surface area contributed by atoms with Gasteiger partial charge in [-0.15, -0.1) is 0 Å². The molecule has 0 saturated carbocycles. The fourth-order valence-electron chi connectivity index (χ4n) is 0.504. The average Bonchev–Trinajstić information content (AvgIpc) is 2.21. The van der Waals surface area contributed by atoms with E-state index in [1.807, 2.05) is 0 Å². The second-order valence-electron chi connectivity index (χ2n) is 2.45. The summed E-state index contributed by atoms with van der Waals surface area (Å²) < 4.78 is 31.7. The molecule has 0 spiro atoms. The van der Waals surface area contributed by atoms with E-state index in [1.54, 1.807) is 6.07 Å². The van der Waals surface area contributed by atoms with Crippen LogP contribution in [0.5, 0.6) is 0 Å². The maximum Gasteiger partial charge on any atom is 0.490 e. The summed E-state index contributed by atoms with van der Waals surface area (Å²) in [6.45, 7) is 0. The number of halogens is 3. The lowest BCUT2D eigenvalue weighted by Gasteiger charge is -1.93. The molecule has 1 heterocycles. The number of carboxylic acids is 1. The van der Waals surface area contributed by atoms with Crippen LogP contribution < -0.4 is 11.3 Å². The van der Waals surface area contributed by atoms with Crippen molar-refractivity contribution in [2.24, 2.45) is 0 Å². The maximum atomic E-state index is 10.6. The van der Waals surface area contributed by atoms with E-state index in [-0.39, 0.29) is 11.4 Å². The highest BCUT2D eigenvalue weighted by Gasteiger charge is 2.38. The third-order valence-electron chi connectivity index (χ3n) is 1.19. The molecule has 0 aliphatic heterocycles.